The first-order valence-corrected chi connectivity index (χ1v) is 12.0. The number of nitro groups is 1. The number of methoxy groups -OCH3 is 1. The molecule has 0 bridgehead atoms. The standard InChI is InChI=1S/C26H23NO3P.ClH/c1-30-26-18-17-21(19-25(26)27(28)29)20-31(22-11-5-2-6-12-22,23-13-7-3-8-14-23)24-15-9-4-10-16-24;/h2-19H,20H2,1H3;1H/q+1;/p-1. The molecule has 162 valence electrons. The molecule has 0 saturated carbocycles. The summed E-state index contributed by atoms with van der Waals surface area (Å²) in [5.74, 6) is 0.275. The molecular weight excluding hydrogens is 441 g/mol. The minimum Gasteiger partial charge on any atom is -1.00 e. The van der Waals surface area contributed by atoms with Gasteiger partial charge in [0.15, 0.2) is 5.75 Å². The van der Waals surface area contributed by atoms with Crippen molar-refractivity contribution in [1.29, 1.82) is 0 Å². The van der Waals surface area contributed by atoms with Gasteiger partial charge < -0.3 is 17.1 Å². The summed E-state index contributed by atoms with van der Waals surface area (Å²) in [4.78, 5) is 11.3. The molecule has 32 heavy (non-hydrogen) atoms. The largest absolute Gasteiger partial charge is 1.00 e. The topological polar surface area (TPSA) is 52.4 Å². The van der Waals surface area contributed by atoms with Crippen molar-refractivity contribution >= 4 is 28.9 Å². The van der Waals surface area contributed by atoms with Crippen molar-refractivity contribution in [2.75, 3.05) is 7.11 Å². The molecule has 0 heterocycles. The van der Waals surface area contributed by atoms with E-state index in [1.807, 2.05) is 24.3 Å². The lowest BCUT2D eigenvalue weighted by atomic mass is 10.2. The number of benzene rings is 4. The van der Waals surface area contributed by atoms with Crippen LogP contribution in [0.5, 0.6) is 5.75 Å². The zero-order valence-electron chi connectivity index (χ0n) is 17.6. The van der Waals surface area contributed by atoms with Gasteiger partial charge in [-0.25, -0.2) is 0 Å². The highest BCUT2D eigenvalue weighted by Gasteiger charge is 2.45. The quantitative estimate of drug-likeness (QED) is 0.240. The molecule has 4 rings (SSSR count). The summed E-state index contributed by atoms with van der Waals surface area (Å²) in [7, 11) is -0.657. The first-order valence-electron chi connectivity index (χ1n) is 10.0. The summed E-state index contributed by atoms with van der Waals surface area (Å²) < 4.78 is 5.21. The highest BCUT2D eigenvalue weighted by molar-refractivity contribution is 7.95. The molecule has 0 saturated heterocycles. The van der Waals surface area contributed by atoms with Crippen LogP contribution in [-0.4, -0.2) is 12.0 Å². The van der Waals surface area contributed by atoms with Gasteiger partial charge in [0.2, 0.25) is 0 Å². The average Bonchev–Trinajstić information content (AvgIpc) is 2.84. The molecule has 0 radical (unpaired) electrons. The number of halogens is 1. The molecule has 0 aliphatic rings. The van der Waals surface area contributed by atoms with E-state index in [9.17, 15) is 10.1 Å². The SMILES string of the molecule is COc1ccc(C[P+](c2ccccc2)(c2ccccc2)c2ccccc2)cc1[N+](=O)[O-].[Cl-]. The zero-order chi connectivity index (χ0) is 21.7. The maximum absolute atomic E-state index is 11.6. The summed E-state index contributed by atoms with van der Waals surface area (Å²) in [5.41, 5.74) is 0.907. The van der Waals surface area contributed by atoms with Crippen molar-refractivity contribution in [3.05, 3.63) is 125 Å². The van der Waals surface area contributed by atoms with Gasteiger partial charge in [-0.05, 0) is 48.0 Å². The average molecular weight is 464 g/mol. The van der Waals surface area contributed by atoms with Crippen molar-refractivity contribution in [3.63, 3.8) is 0 Å². The van der Waals surface area contributed by atoms with Crippen molar-refractivity contribution in [2.45, 2.75) is 6.16 Å². The predicted octanol–water partition coefficient (Wildman–Crippen LogP) is 2.10. The Bertz CT molecular complexity index is 1070. The Morgan fingerprint density at radius 2 is 1.19 bits per heavy atom. The van der Waals surface area contributed by atoms with Crippen LogP contribution in [0.4, 0.5) is 5.69 Å². The molecule has 4 aromatic carbocycles. The molecule has 0 spiro atoms. The van der Waals surface area contributed by atoms with Gasteiger partial charge in [-0.2, -0.15) is 0 Å². The molecule has 0 atom stereocenters. The number of rotatable bonds is 7. The second-order valence-corrected chi connectivity index (χ2v) is 10.7. The van der Waals surface area contributed by atoms with E-state index in [1.54, 1.807) is 12.1 Å². The number of ether oxygens (including phenoxy) is 1. The van der Waals surface area contributed by atoms with Crippen LogP contribution >= 0.6 is 7.26 Å². The minimum absolute atomic E-state index is 0. The Morgan fingerprint density at radius 1 is 0.750 bits per heavy atom. The highest BCUT2D eigenvalue weighted by atomic mass is 35.5. The van der Waals surface area contributed by atoms with Gasteiger partial charge in [0.25, 0.3) is 0 Å². The van der Waals surface area contributed by atoms with Crippen molar-refractivity contribution in [1.82, 2.24) is 0 Å². The van der Waals surface area contributed by atoms with E-state index in [-0.39, 0.29) is 28.8 Å². The van der Waals surface area contributed by atoms with Gasteiger partial charge in [-0.3, -0.25) is 10.1 Å². The number of nitrogens with zero attached hydrogens (tertiary/aromatic N) is 1. The minimum atomic E-state index is -2.11. The molecule has 0 unspecified atom stereocenters. The Hall–Kier alpha value is -3.20. The van der Waals surface area contributed by atoms with Gasteiger partial charge in [-0.1, -0.05) is 60.7 Å². The Kier molecular flexibility index (Phi) is 7.63. The fraction of sp³-hybridized carbons (Fsp3) is 0.0769. The first-order chi connectivity index (χ1) is 15.1. The summed E-state index contributed by atoms with van der Waals surface area (Å²) in [6.07, 6.45) is 0.676. The molecule has 0 aliphatic carbocycles. The second-order valence-electron chi connectivity index (χ2n) is 7.24. The van der Waals surface area contributed by atoms with Gasteiger partial charge in [0.05, 0.1) is 18.2 Å². The molecule has 0 aromatic heterocycles. The Labute approximate surface area is 194 Å². The lowest BCUT2D eigenvalue weighted by Gasteiger charge is -2.27. The first kappa shape index (κ1) is 23.5. The fourth-order valence-corrected chi connectivity index (χ4v) is 8.25. The molecule has 6 heteroatoms. The second kappa shape index (κ2) is 10.4. The molecule has 0 aliphatic heterocycles. The molecule has 4 aromatic rings. The van der Waals surface area contributed by atoms with Crippen LogP contribution < -0.4 is 33.1 Å². The summed E-state index contributed by atoms with van der Waals surface area (Å²) >= 11 is 0. The summed E-state index contributed by atoms with van der Waals surface area (Å²) in [5, 5.41) is 15.4. The normalized spacial score (nSPS) is 10.8. The van der Waals surface area contributed by atoms with Crippen LogP contribution in [0.25, 0.3) is 0 Å². The van der Waals surface area contributed by atoms with Crippen molar-refractivity contribution in [2.24, 2.45) is 0 Å². The van der Waals surface area contributed by atoms with Crippen LogP contribution in [0.1, 0.15) is 5.56 Å². The summed E-state index contributed by atoms with van der Waals surface area (Å²) in [6, 6.07) is 36.8. The van der Waals surface area contributed by atoms with Gasteiger partial charge >= 0.3 is 5.69 Å². The fourth-order valence-electron chi connectivity index (χ4n) is 4.02. The third-order valence-electron chi connectivity index (χ3n) is 5.45. The van der Waals surface area contributed by atoms with Crippen molar-refractivity contribution in [3.8, 4) is 5.75 Å². The molecule has 0 amide bonds. The van der Waals surface area contributed by atoms with E-state index < -0.39 is 7.26 Å². The summed E-state index contributed by atoms with van der Waals surface area (Å²) in [6.45, 7) is 0. The van der Waals surface area contributed by atoms with Crippen LogP contribution in [0.15, 0.2) is 109 Å². The third-order valence-corrected chi connectivity index (χ3v) is 9.83. The lowest BCUT2D eigenvalue weighted by molar-refractivity contribution is -0.385. The third kappa shape index (κ3) is 4.52. The van der Waals surface area contributed by atoms with Crippen molar-refractivity contribution < 1.29 is 22.1 Å². The van der Waals surface area contributed by atoms with Crippen LogP contribution in [0.2, 0.25) is 0 Å². The van der Waals surface area contributed by atoms with E-state index >= 15 is 0 Å². The van der Waals surface area contributed by atoms with E-state index in [0.29, 0.717) is 6.16 Å². The van der Waals surface area contributed by atoms with E-state index in [0.717, 1.165) is 5.56 Å². The Morgan fingerprint density at radius 3 is 1.56 bits per heavy atom. The van der Waals surface area contributed by atoms with E-state index in [1.165, 1.54) is 23.0 Å². The number of hydrogen-bond acceptors (Lipinski definition) is 3. The predicted molar refractivity (Wildman–Crippen MR) is 129 cm³/mol. The zero-order valence-corrected chi connectivity index (χ0v) is 19.2. The molecular formula is C26H23ClNO3P. The molecule has 0 N–H and O–H groups in total. The highest BCUT2D eigenvalue weighted by Crippen LogP contribution is 2.58. The van der Waals surface area contributed by atoms with Gasteiger partial charge in [-0.15, -0.1) is 0 Å². The van der Waals surface area contributed by atoms with Crippen LogP contribution in [-0.2, 0) is 6.16 Å². The molecule has 0 fully saturated rings. The van der Waals surface area contributed by atoms with Gasteiger partial charge in [0, 0.05) is 6.07 Å². The monoisotopic (exact) mass is 463 g/mol. The number of hydrogen-bond donors (Lipinski definition) is 0. The smallest absolute Gasteiger partial charge is 0.311 e. The maximum atomic E-state index is 11.6. The molecule has 4 nitrogen and oxygen atoms in total. The number of nitro benzene ring substituents is 1. The van der Waals surface area contributed by atoms with Crippen LogP contribution in [0.3, 0.4) is 0 Å². The van der Waals surface area contributed by atoms with Crippen LogP contribution in [0, 0.1) is 10.1 Å². The Balaban J connectivity index is 0.00000289. The van der Waals surface area contributed by atoms with E-state index in [2.05, 4.69) is 72.8 Å². The van der Waals surface area contributed by atoms with E-state index in [4.69, 9.17) is 4.74 Å². The van der Waals surface area contributed by atoms with Gasteiger partial charge in [0.1, 0.15) is 23.2 Å². The maximum Gasteiger partial charge on any atom is 0.311 e. The lowest BCUT2D eigenvalue weighted by Crippen LogP contribution is -3.00.